The predicted octanol–water partition coefficient (Wildman–Crippen LogP) is 3.10. The number of hydrogen-bond donors (Lipinski definition) is 3. The molecule has 0 saturated carbocycles. The van der Waals surface area contributed by atoms with Gasteiger partial charge in [-0.05, 0) is 55.7 Å². The number of rotatable bonds is 3. The number of carbonyl (C=O) groups is 1. The molecule has 1 unspecified atom stereocenters. The van der Waals surface area contributed by atoms with Gasteiger partial charge in [-0.1, -0.05) is 17.9 Å². The molecule has 2 aliphatic heterocycles. The van der Waals surface area contributed by atoms with Crippen LogP contribution in [0.1, 0.15) is 47.9 Å². The van der Waals surface area contributed by atoms with Gasteiger partial charge in [0.15, 0.2) is 17.3 Å². The number of amides is 1. The van der Waals surface area contributed by atoms with Crippen molar-refractivity contribution in [1.29, 1.82) is 0 Å². The van der Waals surface area contributed by atoms with Gasteiger partial charge >= 0.3 is 0 Å². The number of H-pyrrole nitrogens is 1. The number of pyridine rings is 1. The molecule has 10 heteroatoms. The van der Waals surface area contributed by atoms with E-state index in [0.717, 1.165) is 5.57 Å². The van der Waals surface area contributed by atoms with Gasteiger partial charge in [0.1, 0.15) is 22.9 Å². The van der Waals surface area contributed by atoms with Crippen molar-refractivity contribution < 1.29 is 14.3 Å². The van der Waals surface area contributed by atoms with Gasteiger partial charge in [0.25, 0.3) is 5.91 Å². The third-order valence-electron chi connectivity index (χ3n) is 6.13. The maximum atomic E-state index is 15.0. The van der Waals surface area contributed by atoms with Gasteiger partial charge in [-0.3, -0.25) is 14.9 Å². The molecule has 1 amide bonds. The Morgan fingerprint density at radius 1 is 1.31 bits per heavy atom. The first-order chi connectivity index (χ1) is 17.2. The van der Waals surface area contributed by atoms with Gasteiger partial charge in [0, 0.05) is 23.5 Å². The van der Waals surface area contributed by atoms with Crippen LogP contribution in [0.2, 0.25) is 0 Å². The quantitative estimate of drug-likeness (QED) is 0.385. The van der Waals surface area contributed by atoms with Gasteiger partial charge < -0.3 is 15.4 Å². The molecule has 1 aromatic carbocycles. The third kappa shape index (κ3) is 3.49. The van der Waals surface area contributed by atoms with Crippen molar-refractivity contribution in [2.45, 2.75) is 31.9 Å². The fourth-order valence-corrected chi connectivity index (χ4v) is 4.47. The third-order valence-corrected chi connectivity index (χ3v) is 6.13. The van der Waals surface area contributed by atoms with E-state index in [0.29, 0.717) is 46.3 Å². The number of nitrogens with zero attached hydrogens (tertiary/aromatic N) is 5. The summed E-state index contributed by atoms with van der Waals surface area (Å²) in [6, 6.07) is 6.50. The lowest BCUT2D eigenvalue weighted by Gasteiger charge is -2.26. The molecule has 36 heavy (non-hydrogen) atoms. The first-order valence-corrected chi connectivity index (χ1v) is 11.3. The normalized spacial score (nSPS) is 15.6. The summed E-state index contributed by atoms with van der Waals surface area (Å²) in [5.41, 5.74) is 7.97. The SMILES string of the molecule is CC(C)(O)C#Cc1cc2c(cc1F)C1=CC(C1)n1c-2nc(C(N)=O)c1-c1nc(-c2cccnc2)n[nH]1. The Hall–Kier alpha value is -4.62. The molecule has 4 aromatic rings. The number of aromatic amines is 1. The summed E-state index contributed by atoms with van der Waals surface area (Å²) < 4.78 is 16.8. The second-order valence-electron chi connectivity index (χ2n) is 9.27. The smallest absolute Gasteiger partial charge is 0.269 e. The van der Waals surface area contributed by atoms with Gasteiger partial charge in [-0.25, -0.2) is 14.4 Å². The first kappa shape index (κ1) is 21.9. The second kappa shape index (κ2) is 7.69. The zero-order chi connectivity index (χ0) is 25.2. The topological polar surface area (TPSA) is 136 Å². The molecule has 3 aromatic heterocycles. The highest BCUT2D eigenvalue weighted by Crippen LogP contribution is 2.49. The number of aromatic nitrogens is 6. The highest BCUT2D eigenvalue weighted by molar-refractivity contribution is 5.99. The van der Waals surface area contributed by atoms with Crippen molar-refractivity contribution in [3.05, 3.63) is 65.4 Å². The van der Waals surface area contributed by atoms with Crippen LogP contribution < -0.4 is 5.73 Å². The summed E-state index contributed by atoms with van der Waals surface area (Å²) in [4.78, 5) is 25.8. The summed E-state index contributed by atoms with van der Waals surface area (Å²) in [6.45, 7) is 3.05. The van der Waals surface area contributed by atoms with Gasteiger partial charge in [0.05, 0.1) is 11.6 Å². The highest BCUT2D eigenvalue weighted by Gasteiger charge is 2.37. The van der Waals surface area contributed by atoms with Gasteiger partial charge in [0.2, 0.25) is 0 Å². The van der Waals surface area contributed by atoms with Crippen LogP contribution in [0.3, 0.4) is 0 Å². The molecule has 0 radical (unpaired) electrons. The Morgan fingerprint density at radius 2 is 2.11 bits per heavy atom. The Balaban J connectivity index is 1.56. The van der Waals surface area contributed by atoms with Crippen molar-refractivity contribution >= 4 is 11.5 Å². The van der Waals surface area contributed by atoms with Crippen LogP contribution in [0.5, 0.6) is 0 Å². The zero-order valence-electron chi connectivity index (χ0n) is 19.4. The number of halogens is 1. The number of allylic oxidation sites excluding steroid dienone is 2. The molecule has 1 atom stereocenters. The van der Waals surface area contributed by atoms with Gasteiger partial charge in [-0.2, -0.15) is 5.10 Å². The molecule has 1 aliphatic carbocycles. The van der Waals surface area contributed by atoms with Crippen molar-refractivity contribution in [3.8, 4) is 46.1 Å². The van der Waals surface area contributed by atoms with Crippen molar-refractivity contribution in [2.75, 3.05) is 0 Å². The van der Waals surface area contributed by atoms with Crippen molar-refractivity contribution in [3.63, 3.8) is 0 Å². The minimum Gasteiger partial charge on any atom is -0.378 e. The van der Waals surface area contributed by atoms with E-state index < -0.39 is 17.3 Å². The van der Waals surface area contributed by atoms with Crippen LogP contribution in [0.15, 0.2) is 42.7 Å². The van der Waals surface area contributed by atoms with Crippen LogP contribution >= 0.6 is 0 Å². The minimum atomic E-state index is -1.29. The second-order valence-corrected chi connectivity index (χ2v) is 9.27. The molecule has 7 rings (SSSR count). The lowest BCUT2D eigenvalue weighted by Crippen LogP contribution is -2.17. The number of hydrogen-bond acceptors (Lipinski definition) is 6. The van der Waals surface area contributed by atoms with Crippen LogP contribution in [0.25, 0.3) is 39.9 Å². The molecule has 0 saturated heterocycles. The van der Waals surface area contributed by atoms with Crippen LogP contribution in [-0.2, 0) is 0 Å². The number of primary amides is 1. The average Bonchev–Trinajstić information content (AvgIpc) is 3.38. The molecular weight excluding hydrogens is 461 g/mol. The fourth-order valence-electron chi connectivity index (χ4n) is 4.47. The summed E-state index contributed by atoms with van der Waals surface area (Å²) in [7, 11) is 0. The Labute approximate surface area is 204 Å². The number of nitrogens with two attached hydrogens (primary N) is 1. The van der Waals surface area contributed by atoms with E-state index in [1.54, 1.807) is 24.5 Å². The maximum Gasteiger partial charge on any atom is 0.269 e. The number of aliphatic hydroxyl groups is 1. The lowest BCUT2D eigenvalue weighted by molar-refractivity contribution is 0.0996. The number of nitrogens with one attached hydrogen (secondary N) is 1. The van der Waals surface area contributed by atoms with E-state index in [9.17, 15) is 14.3 Å². The van der Waals surface area contributed by atoms with E-state index >= 15 is 0 Å². The largest absolute Gasteiger partial charge is 0.378 e. The maximum absolute atomic E-state index is 15.0. The predicted molar refractivity (Wildman–Crippen MR) is 130 cm³/mol. The molecule has 4 N–H and O–H groups in total. The molecule has 0 spiro atoms. The average molecular weight is 481 g/mol. The molecule has 2 bridgehead atoms. The zero-order valence-corrected chi connectivity index (χ0v) is 19.4. The molecule has 0 fully saturated rings. The summed E-state index contributed by atoms with van der Waals surface area (Å²) >= 11 is 0. The number of carbonyl (C=O) groups excluding carboxylic acids is 1. The van der Waals surface area contributed by atoms with Crippen LogP contribution in [-0.4, -0.2) is 46.3 Å². The Bertz CT molecular complexity index is 1650. The lowest BCUT2D eigenvalue weighted by atomic mass is 9.86. The summed E-state index contributed by atoms with van der Waals surface area (Å²) in [5, 5.41) is 17.2. The van der Waals surface area contributed by atoms with E-state index in [2.05, 4.69) is 37.0 Å². The number of benzene rings is 1. The summed E-state index contributed by atoms with van der Waals surface area (Å²) in [5.74, 6) is 5.34. The highest BCUT2D eigenvalue weighted by atomic mass is 19.1. The van der Waals surface area contributed by atoms with Crippen LogP contribution in [0, 0.1) is 17.7 Å². The van der Waals surface area contributed by atoms with Crippen molar-refractivity contribution in [1.82, 2.24) is 29.7 Å². The fraction of sp³-hybridized carbons (Fsp3) is 0.192. The summed E-state index contributed by atoms with van der Waals surface area (Å²) in [6.07, 6.45) is 5.92. The minimum absolute atomic E-state index is 0.0297. The molecule has 9 nitrogen and oxygen atoms in total. The molecular formula is C26H20FN7O2. The van der Waals surface area contributed by atoms with Crippen molar-refractivity contribution in [2.24, 2.45) is 5.73 Å². The van der Waals surface area contributed by atoms with E-state index in [4.69, 9.17) is 5.73 Å². The Kier molecular flexibility index (Phi) is 4.68. The van der Waals surface area contributed by atoms with E-state index in [1.807, 2.05) is 16.7 Å². The van der Waals surface area contributed by atoms with E-state index in [1.165, 1.54) is 19.9 Å². The standard InChI is InChI=1S/C26H20FN7O2/c1-26(2,36)6-5-13-10-18-17(11-19(13)27)15-8-16(9-15)34-21(20(22(28)35)30-25(18)34)24-31-23(32-33-24)14-4-3-7-29-12-14/h3-4,7-8,10-12,16,36H,9H2,1-2H3,(H2,28,35)(H,31,32,33). The van der Waals surface area contributed by atoms with Gasteiger partial charge in [-0.15, -0.1) is 0 Å². The van der Waals surface area contributed by atoms with Crippen LogP contribution in [0.4, 0.5) is 4.39 Å². The molecule has 5 heterocycles. The first-order valence-electron chi connectivity index (χ1n) is 11.3. The monoisotopic (exact) mass is 481 g/mol. The molecule has 178 valence electrons. The Morgan fingerprint density at radius 3 is 2.81 bits per heavy atom. The molecule has 3 aliphatic rings. The van der Waals surface area contributed by atoms with E-state index in [-0.39, 0.29) is 17.3 Å². The number of imidazole rings is 1.